The standard InChI is InChI=1S/C13H11N3O/c17-13(10-4-3-6-14-8-10)11-9-16-7-2-1-5-12(16)15-11/h1-9,13,17H. The van der Waals surface area contributed by atoms with Crippen LogP contribution in [0.25, 0.3) is 5.65 Å². The van der Waals surface area contributed by atoms with Gasteiger partial charge in [0.1, 0.15) is 11.8 Å². The molecule has 0 amide bonds. The summed E-state index contributed by atoms with van der Waals surface area (Å²) in [5.74, 6) is 0. The van der Waals surface area contributed by atoms with Crippen molar-refractivity contribution in [3.05, 3.63) is 66.4 Å². The largest absolute Gasteiger partial charge is 0.382 e. The van der Waals surface area contributed by atoms with Gasteiger partial charge in [0.05, 0.1) is 5.69 Å². The molecule has 0 radical (unpaired) electrons. The SMILES string of the molecule is OC(c1cccnc1)c1cn2ccccc2n1. The lowest BCUT2D eigenvalue weighted by Crippen LogP contribution is -1.99. The molecule has 0 saturated heterocycles. The first-order valence-electron chi connectivity index (χ1n) is 5.36. The molecule has 17 heavy (non-hydrogen) atoms. The second kappa shape index (κ2) is 3.99. The lowest BCUT2D eigenvalue weighted by atomic mass is 10.1. The lowest BCUT2D eigenvalue weighted by Gasteiger charge is -2.06. The fraction of sp³-hybridized carbons (Fsp3) is 0.0769. The number of rotatable bonds is 2. The molecule has 3 heterocycles. The van der Waals surface area contributed by atoms with Crippen molar-refractivity contribution in [1.82, 2.24) is 14.4 Å². The van der Waals surface area contributed by atoms with Crippen LogP contribution in [0.4, 0.5) is 0 Å². The zero-order valence-corrected chi connectivity index (χ0v) is 9.06. The topological polar surface area (TPSA) is 50.4 Å². The second-order valence-corrected chi connectivity index (χ2v) is 3.82. The van der Waals surface area contributed by atoms with Gasteiger partial charge in [-0.3, -0.25) is 4.98 Å². The van der Waals surface area contributed by atoms with Crippen LogP contribution in [-0.2, 0) is 0 Å². The zero-order valence-electron chi connectivity index (χ0n) is 9.06. The zero-order chi connectivity index (χ0) is 11.7. The van der Waals surface area contributed by atoms with Gasteiger partial charge in [-0.05, 0) is 18.2 Å². The molecule has 0 spiro atoms. The molecule has 0 bridgehead atoms. The van der Waals surface area contributed by atoms with Crippen LogP contribution in [0.3, 0.4) is 0 Å². The highest BCUT2D eigenvalue weighted by atomic mass is 16.3. The van der Waals surface area contributed by atoms with Crippen LogP contribution < -0.4 is 0 Å². The van der Waals surface area contributed by atoms with Crippen molar-refractivity contribution in [2.75, 3.05) is 0 Å². The van der Waals surface area contributed by atoms with E-state index in [9.17, 15) is 5.11 Å². The maximum absolute atomic E-state index is 10.2. The minimum atomic E-state index is -0.733. The Hall–Kier alpha value is -2.20. The van der Waals surface area contributed by atoms with Gasteiger partial charge in [-0.25, -0.2) is 4.98 Å². The van der Waals surface area contributed by atoms with E-state index in [4.69, 9.17) is 0 Å². The van der Waals surface area contributed by atoms with E-state index in [1.54, 1.807) is 18.5 Å². The van der Waals surface area contributed by atoms with E-state index in [1.165, 1.54) is 0 Å². The third-order valence-corrected chi connectivity index (χ3v) is 2.66. The number of aliphatic hydroxyl groups excluding tert-OH is 1. The van der Waals surface area contributed by atoms with Crippen LogP contribution in [0, 0.1) is 0 Å². The summed E-state index contributed by atoms with van der Waals surface area (Å²) in [6.45, 7) is 0. The van der Waals surface area contributed by atoms with Crippen molar-refractivity contribution in [3.63, 3.8) is 0 Å². The van der Waals surface area contributed by atoms with E-state index in [-0.39, 0.29) is 0 Å². The predicted octanol–water partition coefficient (Wildman–Crippen LogP) is 1.81. The number of hydrogen-bond donors (Lipinski definition) is 1. The fourth-order valence-corrected chi connectivity index (χ4v) is 1.79. The first-order valence-corrected chi connectivity index (χ1v) is 5.36. The molecule has 0 aromatic carbocycles. The van der Waals surface area contributed by atoms with Crippen LogP contribution in [-0.4, -0.2) is 19.5 Å². The number of aromatic nitrogens is 3. The van der Waals surface area contributed by atoms with Crippen molar-refractivity contribution in [2.45, 2.75) is 6.10 Å². The van der Waals surface area contributed by atoms with Gasteiger partial charge in [0, 0.05) is 30.4 Å². The first-order chi connectivity index (χ1) is 8.34. The number of pyridine rings is 2. The third kappa shape index (κ3) is 1.79. The molecule has 1 unspecified atom stereocenters. The number of nitrogens with zero attached hydrogens (tertiary/aromatic N) is 3. The van der Waals surface area contributed by atoms with Crippen LogP contribution in [0.2, 0.25) is 0 Å². The number of hydrogen-bond acceptors (Lipinski definition) is 3. The van der Waals surface area contributed by atoms with Crippen LogP contribution >= 0.6 is 0 Å². The van der Waals surface area contributed by atoms with Crippen molar-refractivity contribution in [3.8, 4) is 0 Å². The van der Waals surface area contributed by atoms with E-state index in [0.29, 0.717) is 5.69 Å². The number of aliphatic hydroxyl groups is 1. The van der Waals surface area contributed by atoms with Gasteiger partial charge >= 0.3 is 0 Å². The Morgan fingerprint density at radius 3 is 2.88 bits per heavy atom. The van der Waals surface area contributed by atoms with Crippen LogP contribution in [0.15, 0.2) is 55.1 Å². The van der Waals surface area contributed by atoms with Gasteiger partial charge < -0.3 is 9.51 Å². The molecule has 3 rings (SSSR count). The quantitative estimate of drug-likeness (QED) is 0.723. The summed E-state index contributed by atoms with van der Waals surface area (Å²) < 4.78 is 1.88. The smallest absolute Gasteiger partial charge is 0.137 e. The monoisotopic (exact) mass is 225 g/mol. The summed E-state index contributed by atoms with van der Waals surface area (Å²) in [5, 5.41) is 10.2. The summed E-state index contributed by atoms with van der Waals surface area (Å²) in [6.07, 6.45) is 6.33. The average molecular weight is 225 g/mol. The summed E-state index contributed by atoms with van der Waals surface area (Å²) >= 11 is 0. The molecule has 4 nitrogen and oxygen atoms in total. The maximum Gasteiger partial charge on any atom is 0.137 e. The summed E-state index contributed by atoms with van der Waals surface area (Å²) in [6, 6.07) is 9.38. The van der Waals surface area contributed by atoms with Gasteiger partial charge in [0.15, 0.2) is 0 Å². The third-order valence-electron chi connectivity index (χ3n) is 2.66. The van der Waals surface area contributed by atoms with Crippen LogP contribution in [0.1, 0.15) is 17.4 Å². The van der Waals surface area contributed by atoms with E-state index in [0.717, 1.165) is 11.2 Å². The summed E-state index contributed by atoms with van der Waals surface area (Å²) in [5.41, 5.74) is 2.20. The molecule has 0 aliphatic carbocycles. The number of imidazole rings is 1. The van der Waals surface area contributed by atoms with E-state index in [1.807, 2.05) is 41.1 Å². The Labute approximate surface area is 98.2 Å². The Morgan fingerprint density at radius 2 is 2.12 bits per heavy atom. The Morgan fingerprint density at radius 1 is 1.18 bits per heavy atom. The molecule has 84 valence electrons. The van der Waals surface area contributed by atoms with Gasteiger partial charge in [0.2, 0.25) is 0 Å². The van der Waals surface area contributed by atoms with Crippen LogP contribution in [0.5, 0.6) is 0 Å². The normalized spacial score (nSPS) is 12.8. The highest BCUT2D eigenvalue weighted by Crippen LogP contribution is 2.20. The van der Waals surface area contributed by atoms with Crippen molar-refractivity contribution in [1.29, 1.82) is 0 Å². The minimum Gasteiger partial charge on any atom is -0.382 e. The highest BCUT2D eigenvalue weighted by molar-refractivity contribution is 5.41. The second-order valence-electron chi connectivity index (χ2n) is 3.82. The molecule has 0 aliphatic heterocycles. The average Bonchev–Trinajstić information content (AvgIpc) is 2.82. The first kappa shape index (κ1) is 9.99. The molecule has 0 saturated carbocycles. The van der Waals surface area contributed by atoms with E-state index in [2.05, 4.69) is 9.97 Å². The number of fused-ring (bicyclic) bond motifs is 1. The Balaban J connectivity index is 2.04. The molecular weight excluding hydrogens is 214 g/mol. The summed E-state index contributed by atoms with van der Waals surface area (Å²) in [7, 11) is 0. The molecule has 0 aliphatic rings. The van der Waals surface area contributed by atoms with Gasteiger partial charge in [-0.2, -0.15) is 0 Å². The fourth-order valence-electron chi connectivity index (χ4n) is 1.79. The van der Waals surface area contributed by atoms with Gasteiger partial charge in [0.25, 0.3) is 0 Å². The molecule has 1 atom stereocenters. The van der Waals surface area contributed by atoms with Gasteiger partial charge in [-0.15, -0.1) is 0 Å². The molecule has 1 N–H and O–H groups in total. The Bertz CT molecular complexity index is 600. The van der Waals surface area contributed by atoms with Gasteiger partial charge in [-0.1, -0.05) is 12.1 Å². The Kier molecular flexibility index (Phi) is 2.34. The minimum absolute atomic E-state index is 0.629. The molecular formula is C13H11N3O. The highest BCUT2D eigenvalue weighted by Gasteiger charge is 2.13. The molecule has 0 fully saturated rings. The van der Waals surface area contributed by atoms with E-state index >= 15 is 0 Å². The maximum atomic E-state index is 10.2. The van der Waals surface area contributed by atoms with E-state index < -0.39 is 6.10 Å². The molecule has 3 aromatic rings. The van der Waals surface area contributed by atoms with Crippen molar-refractivity contribution in [2.24, 2.45) is 0 Å². The lowest BCUT2D eigenvalue weighted by molar-refractivity contribution is 0.215. The molecule has 4 heteroatoms. The van der Waals surface area contributed by atoms with Crippen molar-refractivity contribution >= 4 is 5.65 Å². The predicted molar refractivity (Wildman–Crippen MR) is 63.5 cm³/mol. The van der Waals surface area contributed by atoms with Crippen molar-refractivity contribution < 1.29 is 5.11 Å². The summed E-state index contributed by atoms with van der Waals surface area (Å²) in [4.78, 5) is 8.36. The molecule has 3 aromatic heterocycles.